The van der Waals surface area contributed by atoms with Crippen molar-refractivity contribution in [3.8, 4) is 28.0 Å². The maximum atomic E-state index is 9.45. The maximum Gasteiger partial charge on any atom is 0.115 e. The summed E-state index contributed by atoms with van der Waals surface area (Å²) in [4.78, 5) is 0. The first kappa shape index (κ1) is 15.9. The van der Waals surface area contributed by atoms with E-state index in [0.29, 0.717) is 5.75 Å². The highest BCUT2D eigenvalue weighted by Crippen LogP contribution is 2.38. The molecule has 0 saturated heterocycles. The van der Waals surface area contributed by atoms with Crippen LogP contribution in [-0.2, 0) is 12.8 Å². The Morgan fingerprint density at radius 1 is 0.630 bits per heavy atom. The van der Waals surface area contributed by atoms with Gasteiger partial charge in [0.15, 0.2) is 0 Å². The van der Waals surface area contributed by atoms with E-state index in [4.69, 9.17) is 0 Å². The van der Waals surface area contributed by atoms with E-state index in [-0.39, 0.29) is 0 Å². The van der Waals surface area contributed by atoms with Crippen molar-refractivity contribution < 1.29 is 5.11 Å². The van der Waals surface area contributed by atoms with Crippen LogP contribution < -0.4 is 0 Å². The minimum atomic E-state index is 0.300. The third-order valence-electron chi connectivity index (χ3n) is 5.50. The molecule has 5 rings (SSSR count). The van der Waals surface area contributed by atoms with Crippen LogP contribution in [0.4, 0.5) is 0 Å². The van der Waals surface area contributed by atoms with Gasteiger partial charge < -0.3 is 5.11 Å². The van der Waals surface area contributed by atoms with Crippen molar-refractivity contribution in [2.45, 2.75) is 12.8 Å². The molecule has 1 N–H and O–H groups in total. The number of phenols is 1. The van der Waals surface area contributed by atoms with Crippen molar-refractivity contribution in [1.29, 1.82) is 0 Å². The van der Waals surface area contributed by atoms with Gasteiger partial charge in [-0.2, -0.15) is 0 Å². The van der Waals surface area contributed by atoms with Crippen LogP contribution >= 0.6 is 0 Å². The van der Waals surface area contributed by atoms with Gasteiger partial charge in [-0.05, 0) is 69.5 Å². The average Bonchev–Trinajstić information content (AvgIpc) is 3.09. The van der Waals surface area contributed by atoms with E-state index in [1.54, 1.807) is 12.1 Å². The molecule has 130 valence electrons. The summed E-state index contributed by atoms with van der Waals surface area (Å²) in [7, 11) is 0. The third kappa shape index (κ3) is 2.92. The van der Waals surface area contributed by atoms with Gasteiger partial charge in [-0.1, -0.05) is 78.9 Å². The smallest absolute Gasteiger partial charge is 0.115 e. The van der Waals surface area contributed by atoms with Crippen LogP contribution in [-0.4, -0.2) is 5.11 Å². The van der Waals surface area contributed by atoms with Gasteiger partial charge in [-0.25, -0.2) is 0 Å². The molecule has 0 aromatic heterocycles. The first-order valence-electron chi connectivity index (χ1n) is 9.35. The molecule has 1 nitrogen and oxygen atoms in total. The Labute approximate surface area is 159 Å². The Balaban J connectivity index is 1.43. The lowest BCUT2D eigenvalue weighted by atomic mass is 9.95. The second-order valence-corrected chi connectivity index (χ2v) is 7.20. The monoisotopic (exact) mass is 348 g/mol. The first-order valence-corrected chi connectivity index (χ1v) is 9.35. The Morgan fingerprint density at radius 2 is 1.30 bits per heavy atom. The Hall–Kier alpha value is -3.32. The molecule has 1 heteroatoms. The maximum absolute atomic E-state index is 9.45. The molecule has 4 aromatic carbocycles. The fraction of sp³-hybridized carbons (Fsp3) is 0.0769. The number of benzene rings is 4. The molecule has 1 aliphatic carbocycles. The number of aromatic hydroxyl groups is 1. The minimum absolute atomic E-state index is 0.300. The van der Waals surface area contributed by atoms with E-state index < -0.39 is 0 Å². The Morgan fingerprint density at radius 3 is 2.07 bits per heavy atom. The van der Waals surface area contributed by atoms with Gasteiger partial charge in [0.1, 0.15) is 5.75 Å². The van der Waals surface area contributed by atoms with E-state index in [0.717, 1.165) is 18.4 Å². The van der Waals surface area contributed by atoms with Crippen molar-refractivity contribution in [1.82, 2.24) is 0 Å². The lowest BCUT2D eigenvalue weighted by Crippen LogP contribution is -1.94. The number of hydrogen-bond donors (Lipinski definition) is 1. The van der Waals surface area contributed by atoms with Crippen LogP contribution in [0.2, 0.25) is 0 Å². The molecule has 0 spiro atoms. The van der Waals surface area contributed by atoms with Gasteiger partial charge in [0.25, 0.3) is 0 Å². The molecule has 0 unspecified atom stereocenters. The molecular formula is C26H20O. The number of rotatable bonds is 3. The molecule has 27 heavy (non-hydrogen) atoms. The molecule has 0 aliphatic heterocycles. The summed E-state index contributed by atoms with van der Waals surface area (Å²) in [6.07, 6.45) is 1.99. The summed E-state index contributed by atoms with van der Waals surface area (Å²) in [5.41, 5.74) is 10.7. The lowest BCUT2D eigenvalue weighted by molar-refractivity contribution is 0.475. The summed E-state index contributed by atoms with van der Waals surface area (Å²) in [6.45, 7) is 0. The molecule has 0 fully saturated rings. The van der Waals surface area contributed by atoms with Gasteiger partial charge in [-0.3, -0.25) is 0 Å². The molecule has 0 amide bonds. The van der Waals surface area contributed by atoms with Crippen LogP contribution in [0, 0.1) is 0 Å². The molecule has 0 radical (unpaired) electrons. The van der Waals surface area contributed by atoms with Gasteiger partial charge in [0, 0.05) is 0 Å². The van der Waals surface area contributed by atoms with E-state index in [9.17, 15) is 5.11 Å². The second-order valence-electron chi connectivity index (χ2n) is 7.20. The molecule has 0 bridgehead atoms. The fourth-order valence-electron chi connectivity index (χ4n) is 4.08. The molecular weight excluding hydrogens is 328 g/mol. The zero-order chi connectivity index (χ0) is 18.2. The summed E-state index contributed by atoms with van der Waals surface area (Å²) < 4.78 is 0. The van der Waals surface area contributed by atoms with Gasteiger partial charge in [-0.15, -0.1) is 0 Å². The third-order valence-corrected chi connectivity index (χ3v) is 5.50. The standard InChI is InChI=1S/C26H20O/c27-23-14-12-20(13-15-23)19-10-8-18(9-11-19)16-21-5-3-7-25-24-6-2-1-4-22(24)17-26(21)25/h1-15,27H,16-17H2. The van der Waals surface area contributed by atoms with E-state index in [1.807, 2.05) is 12.1 Å². The number of phenolic OH excluding ortho intramolecular Hbond substituents is 1. The van der Waals surface area contributed by atoms with E-state index >= 15 is 0 Å². The molecule has 4 aromatic rings. The summed E-state index contributed by atoms with van der Waals surface area (Å²) in [5.74, 6) is 0.300. The van der Waals surface area contributed by atoms with Gasteiger partial charge in [0.2, 0.25) is 0 Å². The van der Waals surface area contributed by atoms with Crippen LogP contribution in [0.3, 0.4) is 0 Å². The number of hydrogen-bond acceptors (Lipinski definition) is 1. The van der Waals surface area contributed by atoms with Crippen LogP contribution in [0.1, 0.15) is 22.3 Å². The molecule has 0 atom stereocenters. The van der Waals surface area contributed by atoms with Crippen molar-refractivity contribution in [2.75, 3.05) is 0 Å². The Kier molecular flexibility index (Phi) is 3.79. The molecule has 0 saturated carbocycles. The quantitative estimate of drug-likeness (QED) is 0.410. The molecule has 1 aliphatic rings. The van der Waals surface area contributed by atoms with Gasteiger partial charge in [0.05, 0.1) is 0 Å². The SMILES string of the molecule is Oc1ccc(-c2ccc(Cc3cccc4c3Cc3ccccc3-4)cc2)cc1. The fourth-order valence-corrected chi connectivity index (χ4v) is 4.08. The average molecular weight is 348 g/mol. The first-order chi connectivity index (χ1) is 13.3. The lowest BCUT2D eigenvalue weighted by Gasteiger charge is -2.10. The summed E-state index contributed by atoms with van der Waals surface area (Å²) >= 11 is 0. The normalized spacial score (nSPS) is 11.9. The predicted molar refractivity (Wildman–Crippen MR) is 111 cm³/mol. The predicted octanol–water partition coefficient (Wildman–Crippen LogP) is 6.22. The highest BCUT2D eigenvalue weighted by atomic mass is 16.3. The van der Waals surface area contributed by atoms with Crippen molar-refractivity contribution in [3.63, 3.8) is 0 Å². The highest BCUT2D eigenvalue weighted by Gasteiger charge is 2.20. The highest BCUT2D eigenvalue weighted by molar-refractivity contribution is 5.78. The summed E-state index contributed by atoms with van der Waals surface area (Å²) in [5, 5.41) is 9.45. The largest absolute Gasteiger partial charge is 0.508 e. The second kappa shape index (κ2) is 6.44. The molecule has 0 heterocycles. The zero-order valence-corrected chi connectivity index (χ0v) is 15.0. The van der Waals surface area contributed by atoms with Crippen molar-refractivity contribution in [3.05, 3.63) is 113 Å². The topological polar surface area (TPSA) is 20.2 Å². The van der Waals surface area contributed by atoms with Gasteiger partial charge >= 0.3 is 0 Å². The van der Waals surface area contributed by atoms with Crippen LogP contribution in [0.5, 0.6) is 5.75 Å². The van der Waals surface area contributed by atoms with E-state index in [2.05, 4.69) is 66.7 Å². The Bertz CT molecular complexity index is 1110. The van der Waals surface area contributed by atoms with Crippen LogP contribution in [0.15, 0.2) is 91.0 Å². The van der Waals surface area contributed by atoms with Crippen LogP contribution in [0.25, 0.3) is 22.3 Å². The van der Waals surface area contributed by atoms with E-state index in [1.165, 1.54) is 38.9 Å². The number of fused-ring (bicyclic) bond motifs is 3. The minimum Gasteiger partial charge on any atom is -0.508 e. The summed E-state index contributed by atoms with van der Waals surface area (Å²) in [6, 6.07) is 31.5. The van der Waals surface area contributed by atoms with Crippen molar-refractivity contribution >= 4 is 0 Å². The zero-order valence-electron chi connectivity index (χ0n) is 15.0. The van der Waals surface area contributed by atoms with Crippen molar-refractivity contribution in [2.24, 2.45) is 0 Å².